The molecule has 0 atom stereocenters. The van der Waals surface area contributed by atoms with Crippen molar-refractivity contribution in [2.45, 2.75) is 20.8 Å². The van der Waals surface area contributed by atoms with E-state index in [0.29, 0.717) is 10.0 Å². The third kappa shape index (κ3) is 3.23. The fourth-order valence-corrected chi connectivity index (χ4v) is 2.22. The highest BCUT2D eigenvalue weighted by Gasteiger charge is 2.22. The van der Waals surface area contributed by atoms with Gasteiger partial charge >= 0.3 is 0 Å². The molecule has 0 unspecified atom stereocenters. The van der Waals surface area contributed by atoms with Crippen LogP contribution in [0.2, 0.25) is 10.0 Å². The highest BCUT2D eigenvalue weighted by Crippen LogP contribution is 2.29. The van der Waals surface area contributed by atoms with Crippen molar-refractivity contribution in [3.63, 3.8) is 0 Å². The molecule has 1 nitrogen and oxygen atoms in total. The van der Waals surface area contributed by atoms with Gasteiger partial charge in [-0.3, -0.25) is 4.79 Å². The van der Waals surface area contributed by atoms with E-state index in [0.717, 1.165) is 16.7 Å². The molecular formula is C17H16Cl2O. The number of rotatable bonds is 2. The molecule has 0 saturated carbocycles. The van der Waals surface area contributed by atoms with Gasteiger partial charge in [-0.15, -0.1) is 0 Å². The summed E-state index contributed by atoms with van der Waals surface area (Å²) in [6.07, 6.45) is 0. The van der Waals surface area contributed by atoms with E-state index in [4.69, 9.17) is 23.2 Å². The van der Waals surface area contributed by atoms with Crippen LogP contribution in [0.25, 0.3) is 11.1 Å². The Morgan fingerprint density at radius 2 is 1.40 bits per heavy atom. The van der Waals surface area contributed by atoms with Gasteiger partial charge in [0, 0.05) is 11.0 Å². The third-order valence-corrected chi connectivity index (χ3v) is 3.82. The second-order valence-corrected chi connectivity index (χ2v) is 6.60. The van der Waals surface area contributed by atoms with Crippen molar-refractivity contribution in [1.82, 2.24) is 0 Å². The minimum Gasteiger partial charge on any atom is -0.294 e. The molecular weight excluding hydrogens is 291 g/mol. The van der Waals surface area contributed by atoms with Gasteiger partial charge in [0.15, 0.2) is 5.78 Å². The summed E-state index contributed by atoms with van der Waals surface area (Å²) in [5.41, 5.74) is 2.34. The van der Waals surface area contributed by atoms with E-state index in [-0.39, 0.29) is 11.2 Å². The molecule has 3 heteroatoms. The third-order valence-electron chi connectivity index (χ3n) is 3.08. The topological polar surface area (TPSA) is 17.1 Å². The molecule has 0 aliphatic heterocycles. The minimum atomic E-state index is -0.370. The molecule has 0 aliphatic rings. The van der Waals surface area contributed by atoms with E-state index in [1.807, 2.05) is 57.2 Å². The smallest absolute Gasteiger partial charge is 0.168 e. The van der Waals surface area contributed by atoms with Crippen molar-refractivity contribution in [1.29, 1.82) is 0 Å². The lowest BCUT2D eigenvalue weighted by Crippen LogP contribution is -2.19. The fraction of sp³-hybridized carbons (Fsp3) is 0.235. The van der Waals surface area contributed by atoms with Gasteiger partial charge in [0.25, 0.3) is 0 Å². The van der Waals surface area contributed by atoms with Crippen molar-refractivity contribution < 1.29 is 4.79 Å². The van der Waals surface area contributed by atoms with E-state index < -0.39 is 0 Å². The predicted octanol–water partition coefficient (Wildman–Crippen LogP) is 5.89. The molecule has 20 heavy (non-hydrogen) atoms. The summed E-state index contributed by atoms with van der Waals surface area (Å²) in [5.74, 6) is 0.137. The van der Waals surface area contributed by atoms with E-state index >= 15 is 0 Å². The van der Waals surface area contributed by atoms with Gasteiger partial charge in [0.1, 0.15) is 0 Å². The Labute approximate surface area is 129 Å². The number of carbonyl (C=O) groups excluding carboxylic acids is 1. The summed E-state index contributed by atoms with van der Waals surface area (Å²) in [6.45, 7) is 5.76. The molecule has 0 heterocycles. The summed E-state index contributed by atoms with van der Waals surface area (Å²) in [4.78, 5) is 12.2. The zero-order valence-corrected chi connectivity index (χ0v) is 13.2. The number of benzene rings is 2. The minimum absolute atomic E-state index is 0.137. The number of halogens is 2. The standard InChI is InChI=1S/C17H16Cl2O/c1-17(2,3)16(20)12-6-4-11(5-7-12)13-8-9-14(18)15(19)10-13/h4-10H,1-3H3. The molecule has 0 fully saturated rings. The maximum Gasteiger partial charge on any atom is 0.168 e. The second kappa shape index (κ2) is 5.59. The quantitative estimate of drug-likeness (QED) is 0.632. The maximum atomic E-state index is 12.2. The highest BCUT2D eigenvalue weighted by atomic mass is 35.5. The lowest BCUT2D eigenvalue weighted by molar-refractivity contribution is 0.0858. The maximum absolute atomic E-state index is 12.2. The SMILES string of the molecule is CC(C)(C)C(=O)c1ccc(-c2ccc(Cl)c(Cl)c2)cc1. The zero-order chi connectivity index (χ0) is 14.9. The van der Waals surface area contributed by atoms with Crippen LogP contribution in [0, 0.1) is 5.41 Å². The van der Waals surface area contributed by atoms with Gasteiger partial charge in [-0.1, -0.05) is 74.3 Å². The Morgan fingerprint density at radius 1 is 0.850 bits per heavy atom. The van der Waals surface area contributed by atoms with E-state index in [1.165, 1.54) is 0 Å². The van der Waals surface area contributed by atoms with Gasteiger partial charge in [0.05, 0.1) is 10.0 Å². The van der Waals surface area contributed by atoms with Crippen molar-refractivity contribution in [2.75, 3.05) is 0 Å². The molecule has 104 valence electrons. The Kier molecular flexibility index (Phi) is 4.22. The summed E-state index contributed by atoms with van der Waals surface area (Å²) in [5, 5.41) is 1.06. The van der Waals surface area contributed by atoms with Crippen LogP contribution >= 0.6 is 23.2 Å². The van der Waals surface area contributed by atoms with Gasteiger partial charge < -0.3 is 0 Å². The van der Waals surface area contributed by atoms with Crippen LogP contribution in [-0.2, 0) is 0 Å². The van der Waals surface area contributed by atoms with Crippen LogP contribution in [0.5, 0.6) is 0 Å². The van der Waals surface area contributed by atoms with Gasteiger partial charge in [-0.25, -0.2) is 0 Å². The number of Topliss-reactive ketones (excluding diaryl/α,β-unsaturated/α-hetero) is 1. The number of ketones is 1. The van der Waals surface area contributed by atoms with Crippen LogP contribution in [0.15, 0.2) is 42.5 Å². The Morgan fingerprint density at radius 3 is 1.90 bits per heavy atom. The highest BCUT2D eigenvalue weighted by molar-refractivity contribution is 6.42. The molecule has 2 rings (SSSR count). The molecule has 0 aromatic heterocycles. The first-order valence-corrected chi connectivity index (χ1v) is 7.15. The molecule has 0 saturated heterocycles. The first-order valence-electron chi connectivity index (χ1n) is 6.39. The lowest BCUT2D eigenvalue weighted by atomic mass is 9.86. The molecule has 0 amide bonds. The largest absolute Gasteiger partial charge is 0.294 e. The Hall–Kier alpha value is -1.31. The van der Waals surface area contributed by atoms with Crippen molar-refractivity contribution in [3.05, 3.63) is 58.1 Å². The molecule has 0 N–H and O–H groups in total. The van der Waals surface area contributed by atoms with Crippen LogP contribution < -0.4 is 0 Å². The summed E-state index contributed by atoms with van der Waals surface area (Å²) >= 11 is 11.9. The average Bonchev–Trinajstić information content (AvgIpc) is 2.40. The molecule has 2 aromatic rings. The summed E-state index contributed by atoms with van der Waals surface area (Å²) in [7, 11) is 0. The fourth-order valence-electron chi connectivity index (χ4n) is 1.92. The Bertz CT molecular complexity index is 637. The zero-order valence-electron chi connectivity index (χ0n) is 11.7. The van der Waals surface area contributed by atoms with Crippen molar-refractivity contribution in [3.8, 4) is 11.1 Å². The van der Waals surface area contributed by atoms with Crippen molar-refractivity contribution >= 4 is 29.0 Å². The average molecular weight is 307 g/mol. The molecule has 0 aliphatic carbocycles. The molecule has 2 aromatic carbocycles. The second-order valence-electron chi connectivity index (χ2n) is 5.79. The van der Waals surface area contributed by atoms with E-state index in [1.54, 1.807) is 6.07 Å². The van der Waals surface area contributed by atoms with E-state index in [9.17, 15) is 4.79 Å². The van der Waals surface area contributed by atoms with Crippen LogP contribution in [0.3, 0.4) is 0 Å². The first kappa shape index (κ1) is 15.1. The molecule has 0 bridgehead atoms. The van der Waals surface area contributed by atoms with Gasteiger partial charge in [-0.05, 0) is 23.3 Å². The number of hydrogen-bond donors (Lipinski definition) is 0. The van der Waals surface area contributed by atoms with Crippen molar-refractivity contribution in [2.24, 2.45) is 5.41 Å². The van der Waals surface area contributed by atoms with Crippen LogP contribution in [-0.4, -0.2) is 5.78 Å². The normalized spacial score (nSPS) is 11.4. The Balaban J connectivity index is 2.33. The van der Waals surface area contributed by atoms with E-state index in [2.05, 4.69) is 0 Å². The van der Waals surface area contributed by atoms with Gasteiger partial charge in [0.2, 0.25) is 0 Å². The molecule has 0 radical (unpaired) electrons. The first-order chi connectivity index (χ1) is 9.29. The lowest BCUT2D eigenvalue weighted by Gasteiger charge is -2.16. The van der Waals surface area contributed by atoms with Crippen LogP contribution in [0.4, 0.5) is 0 Å². The summed E-state index contributed by atoms with van der Waals surface area (Å²) < 4.78 is 0. The molecule has 0 spiro atoms. The monoisotopic (exact) mass is 306 g/mol. The van der Waals surface area contributed by atoms with Gasteiger partial charge in [-0.2, -0.15) is 0 Å². The summed E-state index contributed by atoms with van der Waals surface area (Å²) in [6, 6.07) is 13.1. The number of carbonyl (C=O) groups is 1. The predicted molar refractivity (Wildman–Crippen MR) is 85.7 cm³/mol. The van der Waals surface area contributed by atoms with Crippen LogP contribution in [0.1, 0.15) is 31.1 Å². The number of hydrogen-bond acceptors (Lipinski definition) is 1.